The molecule has 0 aromatic heterocycles. The van der Waals surface area contributed by atoms with E-state index in [0.717, 1.165) is 38.6 Å². The molecule has 1 heterocycles. The molecule has 5 heteroatoms. The Bertz CT molecular complexity index is 871. The quantitative estimate of drug-likeness (QED) is 0.688. The van der Waals surface area contributed by atoms with Crippen molar-refractivity contribution in [1.29, 1.82) is 0 Å². The summed E-state index contributed by atoms with van der Waals surface area (Å²) in [6, 6.07) is 19.5. The minimum atomic E-state index is -0.354. The zero-order valence-electron chi connectivity index (χ0n) is 18.4. The van der Waals surface area contributed by atoms with Gasteiger partial charge >= 0.3 is 0 Å². The van der Waals surface area contributed by atoms with Gasteiger partial charge in [0, 0.05) is 37.4 Å². The van der Waals surface area contributed by atoms with Crippen LogP contribution in [0.15, 0.2) is 60.7 Å². The van der Waals surface area contributed by atoms with Crippen molar-refractivity contribution in [2.24, 2.45) is 5.92 Å². The van der Waals surface area contributed by atoms with Crippen LogP contribution >= 0.6 is 0 Å². The summed E-state index contributed by atoms with van der Waals surface area (Å²) >= 11 is 0. The highest BCUT2D eigenvalue weighted by Gasteiger charge is 2.47. The fraction of sp³-hybridized carbons (Fsp3) is 0.462. The number of fused-ring (bicyclic) bond motifs is 1. The number of para-hydroxylation sites is 1. The van der Waals surface area contributed by atoms with Crippen LogP contribution in [-0.4, -0.2) is 48.9 Å². The van der Waals surface area contributed by atoms with Gasteiger partial charge in [-0.25, -0.2) is 0 Å². The molecule has 31 heavy (non-hydrogen) atoms. The van der Waals surface area contributed by atoms with Crippen LogP contribution < -0.4 is 10.2 Å². The Balaban J connectivity index is 1.36. The van der Waals surface area contributed by atoms with Gasteiger partial charge < -0.3 is 15.1 Å². The van der Waals surface area contributed by atoms with E-state index in [9.17, 15) is 9.59 Å². The van der Waals surface area contributed by atoms with Crippen LogP contribution in [0.5, 0.6) is 0 Å². The predicted molar refractivity (Wildman–Crippen MR) is 124 cm³/mol. The fourth-order valence-electron chi connectivity index (χ4n) is 5.17. The zero-order valence-corrected chi connectivity index (χ0v) is 18.4. The van der Waals surface area contributed by atoms with Crippen molar-refractivity contribution >= 4 is 17.5 Å². The van der Waals surface area contributed by atoms with Crippen LogP contribution in [0.2, 0.25) is 0 Å². The van der Waals surface area contributed by atoms with Crippen LogP contribution in [0, 0.1) is 5.92 Å². The summed E-state index contributed by atoms with van der Waals surface area (Å²) in [7, 11) is 2.07. The van der Waals surface area contributed by atoms with Crippen molar-refractivity contribution in [3.63, 3.8) is 0 Å². The number of amides is 2. The van der Waals surface area contributed by atoms with Crippen LogP contribution in [0.1, 0.15) is 48.9 Å². The maximum Gasteiger partial charge on any atom is 0.254 e. The molecule has 2 aliphatic rings. The minimum absolute atomic E-state index is 0.000962. The molecule has 2 fully saturated rings. The molecule has 0 radical (unpaired) electrons. The van der Waals surface area contributed by atoms with Gasteiger partial charge in [0.2, 0.25) is 5.91 Å². The van der Waals surface area contributed by atoms with Gasteiger partial charge in [0.15, 0.2) is 0 Å². The Morgan fingerprint density at radius 1 is 1.00 bits per heavy atom. The van der Waals surface area contributed by atoms with E-state index in [-0.39, 0.29) is 23.9 Å². The van der Waals surface area contributed by atoms with Gasteiger partial charge in [0.25, 0.3) is 5.91 Å². The molecule has 4 rings (SSSR count). The normalized spacial score (nSPS) is 22.6. The highest BCUT2D eigenvalue weighted by molar-refractivity contribution is 5.98. The van der Waals surface area contributed by atoms with Crippen molar-refractivity contribution in [1.82, 2.24) is 10.2 Å². The molecule has 2 amide bonds. The average Bonchev–Trinajstić information content (AvgIpc) is 3.22. The van der Waals surface area contributed by atoms with Gasteiger partial charge in [-0.3, -0.25) is 9.59 Å². The fourth-order valence-corrected chi connectivity index (χ4v) is 5.17. The maximum absolute atomic E-state index is 13.3. The molecular formula is C26H33N3O2. The van der Waals surface area contributed by atoms with E-state index in [1.165, 1.54) is 12.1 Å². The van der Waals surface area contributed by atoms with Crippen molar-refractivity contribution < 1.29 is 9.59 Å². The number of rotatable bonds is 7. The molecule has 1 aliphatic carbocycles. The van der Waals surface area contributed by atoms with Gasteiger partial charge in [-0.2, -0.15) is 0 Å². The van der Waals surface area contributed by atoms with Crippen molar-refractivity contribution in [3.05, 3.63) is 66.2 Å². The predicted octanol–water partition coefficient (Wildman–Crippen LogP) is 4.10. The molecular weight excluding hydrogens is 386 g/mol. The smallest absolute Gasteiger partial charge is 0.254 e. The van der Waals surface area contributed by atoms with Gasteiger partial charge in [0.1, 0.15) is 6.04 Å². The summed E-state index contributed by atoms with van der Waals surface area (Å²) in [6.45, 7) is 1.49. The molecule has 1 saturated carbocycles. The Hall–Kier alpha value is -2.82. The van der Waals surface area contributed by atoms with E-state index < -0.39 is 0 Å². The molecule has 1 saturated heterocycles. The van der Waals surface area contributed by atoms with Crippen molar-refractivity contribution in [2.75, 3.05) is 25.0 Å². The highest BCUT2D eigenvalue weighted by Crippen LogP contribution is 2.40. The lowest BCUT2D eigenvalue weighted by Crippen LogP contribution is -2.49. The summed E-state index contributed by atoms with van der Waals surface area (Å²) in [5, 5.41) is 3.12. The number of carbonyl (C=O) groups is 2. The molecule has 1 aliphatic heterocycles. The lowest BCUT2D eigenvalue weighted by Gasteiger charge is -2.33. The first-order valence-corrected chi connectivity index (χ1v) is 11.6. The largest absolute Gasteiger partial charge is 0.375 e. The van der Waals surface area contributed by atoms with Gasteiger partial charge in [-0.15, -0.1) is 0 Å². The number of benzene rings is 2. The van der Waals surface area contributed by atoms with E-state index in [1.54, 1.807) is 0 Å². The summed E-state index contributed by atoms with van der Waals surface area (Å²) < 4.78 is 0. The molecule has 0 spiro atoms. The first kappa shape index (κ1) is 21.4. The van der Waals surface area contributed by atoms with Gasteiger partial charge in [-0.05, 0) is 55.9 Å². The summed E-state index contributed by atoms with van der Waals surface area (Å²) in [5.41, 5.74) is 1.85. The molecule has 164 valence electrons. The highest BCUT2D eigenvalue weighted by atomic mass is 16.2. The Morgan fingerprint density at radius 3 is 2.42 bits per heavy atom. The number of hydrogen-bond acceptors (Lipinski definition) is 3. The second-order valence-corrected chi connectivity index (χ2v) is 8.84. The van der Waals surface area contributed by atoms with Crippen LogP contribution in [0.25, 0.3) is 0 Å². The standard InChI is InChI=1S/C26H33N3O2/c1-28(22-14-6-3-7-15-22)18-10-17-27-25(30)24-19-21-13-8-9-16-23(21)29(24)26(31)20-11-4-2-5-12-20/h2-7,11-12,14-15,21,23-24H,8-10,13,16-19H2,1H3,(H,27,30). The molecule has 5 nitrogen and oxygen atoms in total. The van der Waals surface area contributed by atoms with Gasteiger partial charge in [0.05, 0.1) is 0 Å². The van der Waals surface area contributed by atoms with Crippen molar-refractivity contribution in [3.8, 4) is 0 Å². The van der Waals surface area contributed by atoms with Crippen LogP contribution in [-0.2, 0) is 4.79 Å². The Kier molecular flexibility index (Phi) is 6.90. The summed E-state index contributed by atoms with van der Waals surface area (Å²) in [6.07, 6.45) is 6.13. The Labute approximate surface area is 185 Å². The number of likely N-dealkylation sites (tertiary alicyclic amines) is 1. The maximum atomic E-state index is 13.3. The summed E-state index contributed by atoms with van der Waals surface area (Å²) in [5.74, 6) is 0.446. The van der Waals surface area contributed by atoms with E-state index >= 15 is 0 Å². The second kappa shape index (κ2) is 9.99. The number of anilines is 1. The first-order valence-electron chi connectivity index (χ1n) is 11.6. The second-order valence-electron chi connectivity index (χ2n) is 8.84. The van der Waals surface area contributed by atoms with E-state index in [2.05, 4.69) is 29.4 Å². The SMILES string of the molecule is CN(CCCNC(=O)C1CC2CCCCC2N1C(=O)c1ccccc1)c1ccccc1. The number of carbonyl (C=O) groups excluding carboxylic acids is 2. The summed E-state index contributed by atoms with van der Waals surface area (Å²) in [4.78, 5) is 30.6. The molecule has 1 N–H and O–H groups in total. The van der Waals surface area contributed by atoms with Gasteiger partial charge in [-0.1, -0.05) is 49.2 Å². The molecule has 2 aromatic carbocycles. The average molecular weight is 420 g/mol. The molecule has 3 unspecified atom stereocenters. The van der Waals surface area contributed by atoms with Crippen molar-refractivity contribution in [2.45, 2.75) is 50.6 Å². The number of hydrogen-bond donors (Lipinski definition) is 1. The lowest BCUT2D eigenvalue weighted by molar-refractivity contribution is -0.125. The third kappa shape index (κ3) is 4.92. The molecule has 2 aromatic rings. The minimum Gasteiger partial charge on any atom is -0.375 e. The van der Waals surface area contributed by atoms with E-state index in [4.69, 9.17) is 0 Å². The Morgan fingerprint density at radius 2 is 1.68 bits per heavy atom. The molecule has 0 bridgehead atoms. The van der Waals surface area contributed by atoms with E-state index in [1.807, 2.05) is 53.4 Å². The monoisotopic (exact) mass is 419 g/mol. The number of nitrogens with zero attached hydrogens (tertiary/aromatic N) is 2. The lowest BCUT2D eigenvalue weighted by atomic mass is 9.84. The first-order chi connectivity index (χ1) is 15.1. The topological polar surface area (TPSA) is 52.7 Å². The third-order valence-electron chi connectivity index (χ3n) is 6.81. The van der Waals surface area contributed by atoms with Crippen LogP contribution in [0.3, 0.4) is 0 Å². The third-order valence-corrected chi connectivity index (χ3v) is 6.81. The van der Waals surface area contributed by atoms with E-state index in [0.29, 0.717) is 18.0 Å². The zero-order chi connectivity index (χ0) is 21.6. The molecule has 3 atom stereocenters. The van der Waals surface area contributed by atoms with Crippen LogP contribution in [0.4, 0.5) is 5.69 Å². The number of nitrogens with one attached hydrogen (secondary N) is 1.